The molecule has 0 atom stereocenters. The first-order valence-electron chi connectivity index (χ1n) is 6.60. The first-order valence-corrected chi connectivity index (χ1v) is 6.60. The minimum atomic E-state index is -0.445. The van der Waals surface area contributed by atoms with Crippen LogP contribution in [0.3, 0.4) is 0 Å². The summed E-state index contributed by atoms with van der Waals surface area (Å²) in [5, 5.41) is 14.1. The van der Waals surface area contributed by atoms with Crippen LogP contribution in [-0.4, -0.2) is 14.9 Å². The van der Waals surface area contributed by atoms with Crippen LogP contribution in [0.5, 0.6) is 0 Å². The van der Waals surface area contributed by atoms with Crippen LogP contribution >= 0.6 is 0 Å². The van der Waals surface area contributed by atoms with Crippen LogP contribution in [0.1, 0.15) is 5.56 Å². The summed E-state index contributed by atoms with van der Waals surface area (Å²) < 4.78 is 0. The number of nitrogens with one attached hydrogen (secondary N) is 2. The molecule has 22 heavy (non-hydrogen) atoms. The average Bonchev–Trinajstić information content (AvgIpc) is 2.53. The lowest BCUT2D eigenvalue weighted by Gasteiger charge is -2.06. The standard InChI is InChI=1S/C15H12N4O3/c20-14-12-3-1-2-4-13(12)17-15(18-14)16-9-10-5-7-11(8-6-10)19(21)22/h1-8H,9H2,(H2,16,17,18,20). The third-order valence-corrected chi connectivity index (χ3v) is 3.22. The number of fused-ring (bicyclic) bond motifs is 1. The highest BCUT2D eigenvalue weighted by Gasteiger charge is 2.05. The number of H-pyrrole nitrogens is 1. The van der Waals surface area contributed by atoms with E-state index < -0.39 is 4.92 Å². The van der Waals surface area contributed by atoms with Gasteiger partial charge < -0.3 is 5.32 Å². The van der Waals surface area contributed by atoms with Crippen LogP contribution in [0.15, 0.2) is 53.3 Å². The second kappa shape index (κ2) is 5.65. The van der Waals surface area contributed by atoms with Gasteiger partial charge in [0.1, 0.15) is 0 Å². The highest BCUT2D eigenvalue weighted by molar-refractivity contribution is 5.78. The number of nitrogens with zero attached hydrogens (tertiary/aromatic N) is 2. The van der Waals surface area contributed by atoms with Crippen LogP contribution < -0.4 is 10.9 Å². The van der Waals surface area contributed by atoms with E-state index in [2.05, 4.69) is 15.3 Å². The van der Waals surface area contributed by atoms with E-state index in [1.165, 1.54) is 12.1 Å². The quantitative estimate of drug-likeness (QED) is 0.569. The molecule has 2 N–H and O–H groups in total. The predicted octanol–water partition coefficient (Wildman–Crippen LogP) is 2.44. The molecule has 0 saturated heterocycles. The molecule has 1 aromatic heterocycles. The molecule has 0 bridgehead atoms. The molecule has 0 radical (unpaired) electrons. The lowest BCUT2D eigenvalue weighted by atomic mass is 10.2. The molecular weight excluding hydrogens is 284 g/mol. The van der Waals surface area contributed by atoms with Gasteiger partial charge in [-0.2, -0.15) is 0 Å². The lowest BCUT2D eigenvalue weighted by molar-refractivity contribution is -0.384. The summed E-state index contributed by atoms with van der Waals surface area (Å²) in [6.07, 6.45) is 0. The van der Waals surface area contributed by atoms with E-state index in [1.54, 1.807) is 30.3 Å². The highest BCUT2D eigenvalue weighted by atomic mass is 16.6. The maximum Gasteiger partial charge on any atom is 0.269 e. The Labute approximate surface area is 124 Å². The molecular formula is C15H12N4O3. The Bertz CT molecular complexity index is 887. The van der Waals surface area contributed by atoms with Crippen molar-refractivity contribution >= 4 is 22.5 Å². The van der Waals surface area contributed by atoms with Crippen molar-refractivity contribution in [1.82, 2.24) is 9.97 Å². The molecule has 1 heterocycles. The van der Waals surface area contributed by atoms with E-state index in [1.807, 2.05) is 6.07 Å². The number of nitro benzene ring substituents is 1. The molecule has 0 aliphatic heterocycles. The molecule has 7 heteroatoms. The van der Waals surface area contributed by atoms with Crippen molar-refractivity contribution in [3.8, 4) is 0 Å². The fourth-order valence-electron chi connectivity index (χ4n) is 2.09. The van der Waals surface area contributed by atoms with E-state index in [9.17, 15) is 14.9 Å². The fourth-order valence-corrected chi connectivity index (χ4v) is 2.09. The molecule has 2 aromatic carbocycles. The topological polar surface area (TPSA) is 101 Å². The molecule has 0 amide bonds. The number of hydrogen-bond donors (Lipinski definition) is 2. The van der Waals surface area contributed by atoms with E-state index in [4.69, 9.17) is 0 Å². The third-order valence-electron chi connectivity index (χ3n) is 3.22. The average molecular weight is 296 g/mol. The van der Waals surface area contributed by atoms with Crippen LogP contribution in [0.2, 0.25) is 0 Å². The Morgan fingerprint density at radius 3 is 2.59 bits per heavy atom. The van der Waals surface area contributed by atoms with Crippen molar-refractivity contribution in [2.45, 2.75) is 6.54 Å². The number of para-hydroxylation sites is 1. The van der Waals surface area contributed by atoms with Gasteiger partial charge in [0.25, 0.3) is 11.2 Å². The Morgan fingerprint density at radius 1 is 1.14 bits per heavy atom. The monoisotopic (exact) mass is 296 g/mol. The molecule has 0 fully saturated rings. The van der Waals surface area contributed by atoms with Crippen LogP contribution in [0.25, 0.3) is 10.9 Å². The predicted molar refractivity (Wildman–Crippen MR) is 82.8 cm³/mol. The summed E-state index contributed by atoms with van der Waals surface area (Å²) in [6, 6.07) is 13.3. The van der Waals surface area contributed by atoms with Gasteiger partial charge in [-0.1, -0.05) is 24.3 Å². The van der Waals surface area contributed by atoms with E-state index in [0.717, 1.165) is 5.56 Å². The van der Waals surface area contributed by atoms with Crippen molar-refractivity contribution in [2.75, 3.05) is 5.32 Å². The highest BCUT2D eigenvalue weighted by Crippen LogP contribution is 2.13. The Hall–Kier alpha value is -3.22. The Balaban J connectivity index is 1.79. The molecule has 3 aromatic rings. The fraction of sp³-hybridized carbons (Fsp3) is 0.0667. The van der Waals surface area contributed by atoms with Crippen LogP contribution in [-0.2, 0) is 6.54 Å². The second-order valence-electron chi connectivity index (χ2n) is 4.71. The first-order chi connectivity index (χ1) is 10.6. The number of aromatic amines is 1. The summed E-state index contributed by atoms with van der Waals surface area (Å²) in [5.74, 6) is 0.363. The lowest BCUT2D eigenvalue weighted by Crippen LogP contribution is -2.13. The molecule has 110 valence electrons. The van der Waals surface area contributed by atoms with Gasteiger partial charge in [0.15, 0.2) is 0 Å². The maximum absolute atomic E-state index is 11.9. The zero-order valence-electron chi connectivity index (χ0n) is 11.4. The number of rotatable bonds is 4. The zero-order chi connectivity index (χ0) is 15.5. The van der Waals surface area contributed by atoms with Crippen molar-refractivity contribution in [3.63, 3.8) is 0 Å². The minimum Gasteiger partial charge on any atom is -0.352 e. The number of anilines is 1. The second-order valence-corrected chi connectivity index (χ2v) is 4.71. The number of non-ortho nitro benzene ring substituents is 1. The number of nitro groups is 1. The van der Waals surface area contributed by atoms with E-state index in [-0.39, 0.29) is 11.2 Å². The van der Waals surface area contributed by atoms with Crippen molar-refractivity contribution in [3.05, 3.63) is 74.6 Å². The largest absolute Gasteiger partial charge is 0.352 e. The molecule has 0 aliphatic carbocycles. The Kier molecular flexibility index (Phi) is 3.53. The molecule has 0 aliphatic rings. The number of benzene rings is 2. The summed E-state index contributed by atoms with van der Waals surface area (Å²) in [7, 11) is 0. The Morgan fingerprint density at radius 2 is 1.86 bits per heavy atom. The van der Waals surface area contributed by atoms with Crippen LogP contribution in [0, 0.1) is 10.1 Å². The minimum absolute atomic E-state index is 0.0426. The molecule has 0 unspecified atom stereocenters. The summed E-state index contributed by atoms with van der Waals surface area (Å²) in [4.78, 5) is 29.1. The number of hydrogen-bond acceptors (Lipinski definition) is 5. The van der Waals surface area contributed by atoms with Gasteiger partial charge >= 0.3 is 0 Å². The maximum atomic E-state index is 11.9. The zero-order valence-corrected chi connectivity index (χ0v) is 11.4. The van der Waals surface area contributed by atoms with E-state index >= 15 is 0 Å². The van der Waals surface area contributed by atoms with Gasteiger partial charge in [-0.05, 0) is 17.7 Å². The molecule has 7 nitrogen and oxygen atoms in total. The SMILES string of the molecule is O=c1[nH]c(NCc2ccc([N+](=O)[O-])cc2)nc2ccccc12. The van der Waals surface area contributed by atoms with E-state index in [0.29, 0.717) is 23.4 Å². The van der Waals surface area contributed by atoms with Gasteiger partial charge in [0.05, 0.1) is 15.8 Å². The van der Waals surface area contributed by atoms with Crippen molar-refractivity contribution < 1.29 is 4.92 Å². The van der Waals surface area contributed by atoms with Gasteiger partial charge in [-0.25, -0.2) is 4.98 Å². The van der Waals surface area contributed by atoms with Crippen molar-refractivity contribution in [1.29, 1.82) is 0 Å². The smallest absolute Gasteiger partial charge is 0.269 e. The van der Waals surface area contributed by atoms with Crippen molar-refractivity contribution in [2.24, 2.45) is 0 Å². The molecule has 0 saturated carbocycles. The van der Waals surface area contributed by atoms with Gasteiger partial charge in [0, 0.05) is 18.7 Å². The normalized spacial score (nSPS) is 10.5. The molecule has 0 spiro atoms. The third kappa shape index (κ3) is 2.78. The summed E-state index contributed by atoms with van der Waals surface area (Å²) >= 11 is 0. The van der Waals surface area contributed by atoms with Gasteiger partial charge in [0.2, 0.25) is 5.95 Å². The molecule has 3 rings (SSSR count). The first kappa shape index (κ1) is 13.7. The van der Waals surface area contributed by atoms with Gasteiger partial charge in [-0.15, -0.1) is 0 Å². The van der Waals surface area contributed by atoms with Crippen LogP contribution in [0.4, 0.5) is 11.6 Å². The number of aromatic nitrogens is 2. The van der Waals surface area contributed by atoms with Gasteiger partial charge in [-0.3, -0.25) is 19.9 Å². The summed E-state index contributed by atoms with van der Waals surface area (Å²) in [6.45, 7) is 0.402. The summed E-state index contributed by atoms with van der Waals surface area (Å²) in [5.41, 5.74) is 1.29.